The predicted octanol–water partition coefficient (Wildman–Crippen LogP) is 3.22. The summed E-state index contributed by atoms with van der Waals surface area (Å²) in [5.74, 6) is 2.73. The standard InChI is InChI=1S/C15H30O2/c1-3-14(7-4-12(2)10-16)15-8-5-13(11-17)6-9-15/h12-17H,3-11H2,1-2H3. The Kier molecular flexibility index (Phi) is 7.14. The normalized spacial score (nSPS) is 28.9. The molecule has 0 saturated heterocycles. The first-order valence-electron chi connectivity index (χ1n) is 7.42. The molecule has 0 amide bonds. The molecular formula is C15H30O2. The van der Waals surface area contributed by atoms with Crippen LogP contribution in [0.2, 0.25) is 0 Å². The van der Waals surface area contributed by atoms with Crippen LogP contribution in [0.15, 0.2) is 0 Å². The molecule has 2 nitrogen and oxygen atoms in total. The molecule has 1 fully saturated rings. The topological polar surface area (TPSA) is 40.5 Å². The second-order valence-corrected chi connectivity index (χ2v) is 6.00. The van der Waals surface area contributed by atoms with Crippen LogP contribution >= 0.6 is 0 Å². The molecule has 17 heavy (non-hydrogen) atoms. The number of aliphatic hydroxyl groups is 2. The van der Waals surface area contributed by atoms with E-state index in [1.807, 2.05) is 0 Å². The van der Waals surface area contributed by atoms with E-state index in [2.05, 4.69) is 13.8 Å². The van der Waals surface area contributed by atoms with Crippen LogP contribution in [-0.4, -0.2) is 23.4 Å². The van der Waals surface area contributed by atoms with E-state index in [0.717, 1.165) is 18.3 Å². The SMILES string of the molecule is CCC(CCC(C)CO)C1CCC(CO)CC1. The molecule has 0 heterocycles. The van der Waals surface area contributed by atoms with E-state index in [1.54, 1.807) is 0 Å². The van der Waals surface area contributed by atoms with Gasteiger partial charge in [-0.25, -0.2) is 0 Å². The summed E-state index contributed by atoms with van der Waals surface area (Å²) in [6.07, 6.45) is 8.74. The number of hydrogen-bond donors (Lipinski definition) is 2. The van der Waals surface area contributed by atoms with Gasteiger partial charge in [0.15, 0.2) is 0 Å². The lowest BCUT2D eigenvalue weighted by molar-refractivity contribution is 0.132. The second kappa shape index (κ2) is 8.10. The third kappa shape index (κ3) is 4.97. The van der Waals surface area contributed by atoms with Crippen molar-refractivity contribution in [2.75, 3.05) is 13.2 Å². The van der Waals surface area contributed by atoms with Crippen LogP contribution in [0.25, 0.3) is 0 Å². The van der Waals surface area contributed by atoms with Crippen molar-refractivity contribution in [1.29, 1.82) is 0 Å². The highest BCUT2D eigenvalue weighted by molar-refractivity contribution is 4.77. The third-order valence-corrected chi connectivity index (χ3v) is 4.68. The van der Waals surface area contributed by atoms with Crippen molar-refractivity contribution < 1.29 is 10.2 Å². The predicted molar refractivity (Wildman–Crippen MR) is 71.8 cm³/mol. The van der Waals surface area contributed by atoms with E-state index < -0.39 is 0 Å². The fourth-order valence-corrected chi connectivity index (χ4v) is 3.21. The van der Waals surface area contributed by atoms with Crippen LogP contribution in [0.1, 0.15) is 58.8 Å². The molecule has 1 rings (SSSR count). The zero-order chi connectivity index (χ0) is 12.7. The number of rotatable bonds is 7. The van der Waals surface area contributed by atoms with Crippen molar-refractivity contribution in [3.05, 3.63) is 0 Å². The van der Waals surface area contributed by atoms with Gasteiger partial charge in [-0.15, -0.1) is 0 Å². The molecule has 0 aromatic heterocycles. The Bertz CT molecular complexity index is 185. The van der Waals surface area contributed by atoms with Gasteiger partial charge < -0.3 is 10.2 Å². The fraction of sp³-hybridized carbons (Fsp3) is 1.00. The highest BCUT2D eigenvalue weighted by Gasteiger charge is 2.26. The van der Waals surface area contributed by atoms with Gasteiger partial charge in [0, 0.05) is 13.2 Å². The van der Waals surface area contributed by atoms with Crippen LogP contribution in [0.3, 0.4) is 0 Å². The summed E-state index contributed by atoms with van der Waals surface area (Å²) in [6, 6.07) is 0. The van der Waals surface area contributed by atoms with Crippen molar-refractivity contribution in [1.82, 2.24) is 0 Å². The summed E-state index contributed by atoms with van der Waals surface area (Å²) >= 11 is 0. The van der Waals surface area contributed by atoms with E-state index in [9.17, 15) is 0 Å². The molecule has 0 aliphatic heterocycles. The Morgan fingerprint density at radius 3 is 2.18 bits per heavy atom. The first kappa shape index (κ1) is 15.0. The molecule has 2 N–H and O–H groups in total. The van der Waals surface area contributed by atoms with Crippen LogP contribution in [-0.2, 0) is 0 Å². The Morgan fingerprint density at radius 2 is 1.71 bits per heavy atom. The molecule has 0 spiro atoms. The van der Waals surface area contributed by atoms with Crippen molar-refractivity contribution in [2.24, 2.45) is 23.7 Å². The molecule has 1 saturated carbocycles. The zero-order valence-electron chi connectivity index (χ0n) is 11.6. The van der Waals surface area contributed by atoms with Gasteiger partial charge in [-0.3, -0.25) is 0 Å². The van der Waals surface area contributed by atoms with Crippen molar-refractivity contribution in [3.63, 3.8) is 0 Å². The first-order valence-corrected chi connectivity index (χ1v) is 7.42. The molecule has 102 valence electrons. The molecule has 1 aliphatic carbocycles. The van der Waals surface area contributed by atoms with E-state index in [1.165, 1.54) is 38.5 Å². The minimum absolute atomic E-state index is 0.327. The first-order chi connectivity index (χ1) is 8.21. The molecule has 1 aliphatic rings. The van der Waals surface area contributed by atoms with Gasteiger partial charge in [0.25, 0.3) is 0 Å². The van der Waals surface area contributed by atoms with Gasteiger partial charge in [-0.1, -0.05) is 20.3 Å². The molecular weight excluding hydrogens is 212 g/mol. The summed E-state index contributed by atoms with van der Waals surface area (Å²) in [5, 5.41) is 18.2. The van der Waals surface area contributed by atoms with E-state index >= 15 is 0 Å². The molecule has 0 aromatic carbocycles. The zero-order valence-corrected chi connectivity index (χ0v) is 11.6. The van der Waals surface area contributed by atoms with Crippen LogP contribution in [0.4, 0.5) is 0 Å². The molecule has 0 aromatic rings. The lowest BCUT2D eigenvalue weighted by Gasteiger charge is -2.33. The van der Waals surface area contributed by atoms with Crippen LogP contribution in [0.5, 0.6) is 0 Å². The maximum atomic E-state index is 9.15. The van der Waals surface area contributed by atoms with Gasteiger partial charge in [-0.05, 0) is 62.2 Å². The Morgan fingerprint density at radius 1 is 1.06 bits per heavy atom. The van der Waals surface area contributed by atoms with E-state index in [-0.39, 0.29) is 0 Å². The minimum atomic E-state index is 0.327. The lowest BCUT2D eigenvalue weighted by Crippen LogP contribution is -2.23. The van der Waals surface area contributed by atoms with Gasteiger partial charge in [0.2, 0.25) is 0 Å². The Hall–Kier alpha value is -0.0800. The van der Waals surface area contributed by atoms with Gasteiger partial charge in [-0.2, -0.15) is 0 Å². The number of aliphatic hydroxyl groups excluding tert-OH is 2. The quantitative estimate of drug-likeness (QED) is 0.719. The monoisotopic (exact) mass is 242 g/mol. The second-order valence-electron chi connectivity index (χ2n) is 6.00. The largest absolute Gasteiger partial charge is 0.396 e. The average molecular weight is 242 g/mol. The van der Waals surface area contributed by atoms with Crippen LogP contribution in [0, 0.1) is 23.7 Å². The Labute approximate surface area is 106 Å². The molecule has 2 atom stereocenters. The van der Waals surface area contributed by atoms with Gasteiger partial charge in [0.05, 0.1) is 0 Å². The smallest absolute Gasteiger partial charge is 0.0459 e. The lowest BCUT2D eigenvalue weighted by atomic mass is 9.73. The molecule has 0 radical (unpaired) electrons. The third-order valence-electron chi connectivity index (χ3n) is 4.68. The van der Waals surface area contributed by atoms with E-state index in [0.29, 0.717) is 25.0 Å². The molecule has 2 unspecified atom stereocenters. The Balaban J connectivity index is 2.30. The summed E-state index contributed by atoms with van der Waals surface area (Å²) in [5.41, 5.74) is 0. The fourth-order valence-electron chi connectivity index (χ4n) is 3.21. The average Bonchev–Trinajstić information content (AvgIpc) is 2.39. The maximum absolute atomic E-state index is 9.15. The molecule has 0 bridgehead atoms. The van der Waals surface area contributed by atoms with Crippen molar-refractivity contribution in [2.45, 2.75) is 58.8 Å². The van der Waals surface area contributed by atoms with Crippen molar-refractivity contribution >= 4 is 0 Å². The summed E-state index contributed by atoms with van der Waals surface area (Å²) in [6.45, 7) is 5.14. The van der Waals surface area contributed by atoms with Crippen molar-refractivity contribution in [3.8, 4) is 0 Å². The molecule has 2 heteroatoms. The van der Waals surface area contributed by atoms with Crippen LogP contribution < -0.4 is 0 Å². The maximum Gasteiger partial charge on any atom is 0.0459 e. The van der Waals surface area contributed by atoms with E-state index in [4.69, 9.17) is 10.2 Å². The van der Waals surface area contributed by atoms with Gasteiger partial charge >= 0.3 is 0 Å². The van der Waals surface area contributed by atoms with Gasteiger partial charge in [0.1, 0.15) is 0 Å². The summed E-state index contributed by atoms with van der Waals surface area (Å²) < 4.78 is 0. The number of hydrogen-bond acceptors (Lipinski definition) is 2. The summed E-state index contributed by atoms with van der Waals surface area (Å²) in [4.78, 5) is 0. The highest BCUT2D eigenvalue weighted by atomic mass is 16.3. The minimum Gasteiger partial charge on any atom is -0.396 e. The summed E-state index contributed by atoms with van der Waals surface area (Å²) in [7, 11) is 0. The highest BCUT2D eigenvalue weighted by Crippen LogP contribution is 2.37.